The number of methoxy groups -OCH3 is 1. The quantitative estimate of drug-likeness (QED) is 0.771. The molecule has 0 amide bonds. The molecular formula is C18H17FN4O3. The standard InChI is InChI=1S/C18H17FN4O3/c1-25-18-11(7-12(19)8-20-18)9-23-5-4-14-13(10-23)17(24)22-16(21-14)15-3-2-6-26-15/h2-3,6-8H,4-5,9-10H2,1H3,(H,21,22,24). The zero-order valence-corrected chi connectivity index (χ0v) is 14.2. The third kappa shape index (κ3) is 3.11. The minimum absolute atomic E-state index is 0.185. The Morgan fingerprint density at radius 3 is 3.12 bits per heavy atom. The van der Waals surface area contributed by atoms with Gasteiger partial charge in [-0.25, -0.2) is 14.4 Å². The molecule has 0 unspecified atom stereocenters. The van der Waals surface area contributed by atoms with Crippen molar-refractivity contribution in [1.82, 2.24) is 19.9 Å². The van der Waals surface area contributed by atoms with E-state index < -0.39 is 5.82 Å². The monoisotopic (exact) mass is 356 g/mol. The molecule has 1 aliphatic rings. The lowest BCUT2D eigenvalue weighted by molar-refractivity contribution is 0.236. The first-order valence-corrected chi connectivity index (χ1v) is 8.21. The second-order valence-electron chi connectivity index (χ2n) is 6.10. The average molecular weight is 356 g/mol. The van der Waals surface area contributed by atoms with Crippen LogP contribution in [0.15, 0.2) is 39.9 Å². The molecule has 1 N–H and O–H groups in total. The first-order valence-electron chi connectivity index (χ1n) is 8.21. The van der Waals surface area contributed by atoms with Gasteiger partial charge in [-0.1, -0.05) is 0 Å². The molecule has 0 aromatic carbocycles. The number of hydrogen-bond acceptors (Lipinski definition) is 6. The normalized spacial score (nSPS) is 14.2. The summed E-state index contributed by atoms with van der Waals surface area (Å²) in [7, 11) is 1.50. The van der Waals surface area contributed by atoms with Crippen LogP contribution in [0, 0.1) is 5.82 Å². The number of halogens is 1. The van der Waals surface area contributed by atoms with Gasteiger partial charge in [0.2, 0.25) is 5.88 Å². The molecule has 1 aliphatic heterocycles. The van der Waals surface area contributed by atoms with Crippen molar-refractivity contribution in [3.8, 4) is 17.5 Å². The molecule has 0 fully saturated rings. The van der Waals surface area contributed by atoms with E-state index in [2.05, 4.69) is 15.0 Å². The number of furan rings is 1. The maximum Gasteiger partial charge on any atom is 0.256 e. The zero-order chi connectivity index (χ0) is 18.1. The fraction of sp³-hybridized carbons (Fsp3) is 0.278. The number of pyridine rings is 1. The first-order chi connectivity index (χ1) is 12.6. The van der Waals surface area contributed by atoms with Crippen LogP contribution < -0.4 is 10.3 Å². The van der Waals surface area contributed by atoms with E-state index in [-0.39, 0.29) is 5.56 Å². The summed E-state index contributed by atoms with van der Waals surface area (Å²) in [4.78, 5) is 25.8. The molecule has 0 aliphatic carbocycles. The summed E-state index contributed by atoms with van der Waals surface area (Å²) in [6.45, 7) is 1.56. The fourth-order valence-electron chi connectivity index (χ4n) is 3.15. The number of ether oxygens (including phenoxy) is 1. The Hall–Kier alpha value is -3.00. The van der Waals surface area contributed by atoms with Crippen molar-refractivity contribution < 1.29 is 13.5 Å². The molecule has 3 aromatic heterocycles. The van der Waals surface area contributed by atoms with E-state index in [1.165, 1.54) is 19.4 Å². The minimum Gasteiger partial charge on any atom is -0.481 e. The van der Waals surface area contributed by atoms with Crippen LogP contribution in [-0.2, 0) is 19.5 Å². The average Bonchev–Trinajstić information content (AvgIpc) is 3.17. The van der Waals surface area contributed by atoms with Gasteiger partial charge in [-0.15, -0.1) is 0 Å². The van der Waals surface area contributed by atoms with E-state index in [4.69, 9.17) is 9.15 Å². The van der Waals surface area contributed by atoms with E-state index in [1.54, 1.807) is 12.1 Å². The van der Waals surface area contributed by atoms with Gasteiger partial charge in [0.25, 0.3) is 5.56 Å². The molecule has 0 bridgehead atoms. The van der Waals surface area contributed by atoms with E-state index in [0.29, 0.717) is 54.6 Å². The summed E-state index contributed by atoms with van der Waals surface area (Å²) < 4.78 is 24.0. The van der Waals surface area contributed by atoms with Crippen molar-refractivity contribution in [2.45, 2.75) is 19.5 Å². The molecule has 0 atom stereocenters. The number of aromatic amines is 1. The molecule has 4 heterocycles. The summed E-state index contributed by atoms with van der Waals surface area (Å²) in [6, 6.07) is 4.91. The molecule has 7 nitrogen and oxygen atoms in total. The van der Waals surface area contributed by atoms with Crippen LogP contribution in [0.1, 0.15) is 16.8 Å². The third-order valence-corrected chi connectivity index (χ3v) is 4.38. The predicted octanol–water partition coefficient (Wildman–Crippen LogP) is 2.13. The first kappa shape index (κ1) is 16.5. The molecular weight excluding hydrogens is 339 g/mol. The van der Waals surface area contributed by atoms with Crippen molar-refractivity contribution in [2.75, 3.05) is 13.7 Å². The van der Waals surface area contributed by atoms with Crippen molar-refractivity contribution in [3.05, 3.63) is 63.7 Å². The number of nitrogens with one attached hydrogen (secondary N) is 1. The Morgan fingerprint density at radius 1 is 1.46 bits per heavy atom. The number of aromatic nitrogens is 3. The Labute approximate surface area is 148 Å². The largest absolute Gasteiger partial charge is 0.481 e. The fourth-order valence-corrected chi connectivity index (χ4v) is 3.15. The van der Waals surface area contributed by atoms with Crippen LogP contribution in [0.4, 0.5) is 4.39 Å². The summed E-state index contributed by atoms with van der Waals surface area (Å²) >= 11 is 0. The molecule has 3 aromatic rings. The molecule has 0 saturated carbocycles. The Kier molecular flexibility index (Phi) is 4.26. The Morgan fingerprint density at radius 2 is 2.35 bits per heavy atom. The van der Waals surface area contributed by atoms with Gasteiger partial charge < -0.3 is 14.1 Å². The highest BCUT2D eigenvalue weighted by Gasteiger charge is 2.23. The smallest absolute Gasteiger partial charge is 0.256 e. The van der Waals surface area contributed by atoms with Crippen molar-refractivity contribution in [1.29, 1.82) is 0 Å². The van der Waals surface area contributed by atoms with Crippen LogP contribution in [0.2, 0.25) is 0 Å². The van der Waals surface area contributed by atoms with Gasteiger partial charge in [0, 0.05) is 31.6 Å². The highest BCUT2D eigenvalue weighted by molar-refractivity contribution is 5.47. The highest BCUT2D eigenvalue weighted by Crippen LogP contribution is 2.23. The van der Waals surface area contributed by atoms with Gasteiger partial charge in [0.15, 0.2) is 11.6 Å². The summed E-state index contributed by atoms with van der Waals surface area (Å²) in [5.74, 6) is 0.935. The van der Waals surface area contributed by atoms with Crippen LogP contribution >= 0.6 is 0 Å². The second kappa shape index (κ2) is 6.72. The lowest BCUT2D eigenvalue weighted by Crippen LogP contribution is -2.35. The zero-order valence-electron chi connectivity index (χ0n) is 14.2. The number of rotatable bonds is 4. The second-order valence-corrected chi connectivity index (χ2v) is 6.10. The lowest BCUT2D eigenvalue weighted by Gasteiger charge is -2.27. The van der Waals surface area contributed by atoms with Crippen molar-refractivity contribution in [3.63, 3.8) is 0 Å². The molecule has 0 spiro atoms. The topological polar surface area (TPSA) is 84.2 Å². The Balaban J connectivity index is 1.59. The number of hydrogen-bond donors (Lipinski definition) is 1. The lowest BCUT2D eigenvalue weighted by atomic mass is 10.1. The third-order valence-electron chi connectivity index (χ3n) is 4.38. The molecule has 26 heavy (non-hydrogen) atoms. The predicted molar refractivity (Wildman–Crippen MR) is 91.1 cm³/mol. The van der Waals surface area contributed by atoms with E-state index in [9.17, 15) is 9.18 Å². The van der Waals surface area contributed by atoms with Gasteiger partial charge >= 0.3 is 0 Å². The molecule has 134 valence electrons. The maximum atomic E-state index is 13.5. The molecule has 0 radical (unpaired) electrons. The SMILES string of the molecule is COc1ncc(F)cc1CN1CCc2nc(-c3ccco3)[nH]c(=O)c2C1. The van der Waals surface area contributed by atoms with Crippen molar-refractivity contribution in [2.24, 2.45) is 0 Å². The van der Waals surface area contributed by atoms with Gasteiger partial charge in [0.05, 0.1) is 30.8 Å². The van der Waals surface area contributed by atoms with Gasteiger partial charge in [0.1, 0.15) is 5.82 Å². The van der Waals surface area contributed by atoms with Crippen LogP contribution in [0.3, 0.4) is 0 Å². The number of nitrogens with zero attached hydrogens (tertiary/aromatic N) is 3. The number of fused-ring (bicyclic) bond motifs is 1. The van der Waals surface area contributed by atoms with Gasteiger partial charge in [-0.2, -0.15) is 0 Å². The Bertz CT molecular complexity index is 985. The summed E-state index contributed by atoms with van der Waals surface area (Å²) in [6.07, 6.45) is 3.29. The van der Waals surface area contributed by atoms with E-state index in [1.807, 2.05) is 4.90 Å². The van der Waals surface area contributed by atoms with Crippen LogP contribution in [0.25, 0.3) is 11.6 Å². The summed E-state index contributed by atoms with van der Waals surface area (Å²) in [5, 5.41) is 0. The van der Waals surface area contributed by atoms with Crippen LogP contribution in [0.5, 0.6) is 5.88 Å². The maximum absolute atomic E-state index is 13.5. The highest BCUT2D eigenvalue weighted by atomic mass is 19.1. The molecule has 0 saturated heterocycles. The molecule has 8 heteroatoms. The number of H-pyrrole nitrogens is 1. The van der Waals surface area contributed by atoms with E-state index in [0.717, 1.165) is 11.9 Å². The van der Waals surface area contributed by atoms with E-state index >= 15 is 0 Å². The van der Waals surface area contributed by atoms with Crippen molar-refractivity contribution >= 4 is 0 Å². The summed E-state index contributed by atoms with van der Waals surface area (Å²) in [5.41, 5.74) is 1.85. The van der Waals surface area contributed by atoms with Gasteiger partial charge in [-0.05, 0) is 18.2 Å². The van der Waals surface area contributed by atoms with Crippen LogP contribution in [-0.4, -0.2) is 33.5 Å². The van der Waals surface area contributed by atoms with Gasteiger partial charge in [-0.3, -0.25) is 9.69 Å². The minimum atomic E-state index is -0.416. The molecule has 4 rings (SSSR count).